The van der Waals surface area contributed by atoms with E-state index in [2.05, 4.69) is 39.8 Å². The number of nitrogens with zero attached hydrogens (tertiary/aromatic N) is 1. The van der Waals surface area contributed by atoms with Crippen LogP contribution in [0.2, 0.25) is 0 Å². The maximum Gasteiger partial charge on any atom is 0.494 e. The quantitative estimate of drug-likeness (QED) is 0.799. The van der Waals surface area contributed by atoms with E-state index in [0.717, 1.165) is 31.5 Å². The molecular weight excluding hydrogens is 301 g/mol. The van der Waals surface area contributed by atoms with Crippen molar-refractivity contribution in [3.63, 3.8) is 0 Å². The zero-order chi connectivity index (χ0) is 16.9. The van der Waals surface area contributed by atoms with Gasteiger partial charge in [0.05, 0.1) is 11.2 Å². The van der Waals surface area contributed by atoms with Crippen molar-refractivity contribution < 1.29 is 14.0 Å². The summed E-state index contributed by atoms with van der Waals surface area (Å²) in [6, 6.07) is 4.42. The number of ether oxygens (including phenoxy) is 1. The first-order valence-corrected chi connectivity index (χ1v) is 9.31. The van der Waals surface area contributed by atoms with Gasteiger partial charge < -0.3 is 14.0 Å². The van der Waals surface area contributed by atoms with Crippen molar-refractivity contribution in [2.45, 2.75) is 76.4 Å². The lowest BCUT2D eigenvalue weighted by Crippen LogP contribution is -2.41. The summed E-state index contributed by atoms with van der Waals surface area (Å²) in [5.41, 5.74) is 2.95. The summed E-state index contributed by atoms with van der Waals surface area (Å²) in [4.78, 5) is 5.00. The van der Waals surface area contributed by atoms with Gasteiger partial charge in [0.2, 0.25) is 0 Å². The number of rotatable bonds is 3. The molecule has 0 unspecified atom stereocenters. The van der Waals surface area contributed by atoms with E-state index in [1.54, 1.807) is 0 Å². The Bertz CT molecular complexity index is 605. The topological polar surface area (TPSA) is 40.6 Å². The number of aromatic nitrogens is 1. The number of hydrogen-bond acceptors (Lipinski definition) is 4. The minimum atomic E-state index is -0.306. The highest BCUT2D eigenvalue weighted by Crippen LogP contribution is 2.41. The minimum absolute atomic E-state index is 0.297. The fraction of sp³-hybridized carbons (Fsp3) is 0.737. The van der Waals surface area contributed by atoms with Crippen LogP contribution in [0.3, 0.4) is 0 Å². The van der Waals surface area contributed by atoms with E-state index in [-0.39, 0.29) is 18.3 Å². The van der Waals surface area contributed by atoms with E-state index in [0.29, 0.717) is 11.8 Å². The summed E-state index contributed by atoms with van der Waals surface area (Å²) in [7, 11) is -0.297. The minimum Gasteiger partial charge on any atom is -0.399 e. The van der Waals surface area contributed by atoms with Crippen LogP contribution in [0.25, 0.3) is 0 Å². The van der Waals surface area contributed by atoms with Gasteiger partial charge in [0.25, 0.3) is 0 Å². The first-order chi connectivity index (χ1) is 11.4. The average Bonchev–Trinajstić information content (AvgIpc) is 3.36. The highest BCUT2D eigenvalue weighted by molar-refractivity contribution is 6.62. The van der Waals surface area contributed by atoms with Crippen molar-refractivity contribution in [2.24, 2.45) is 0 Å². The van der Waals surface area contributed by atoms with Crippen LogP contribution in [0.15, 0.2) is 12.1 Å². The van der Waals surface area contributed by atoms with Crippen LogP contribution >= 0.6 is 0 Å². The van der Waals surface area contributed by atoms with Crippen molar-refractivity contribution in [3.8, 4) is 0 Å². The van der Waals surface area contributed by atoms with E-state index >= 15 is 0 Å². The summed E-state index contributed by atoms with van der Waals surface area (Å²) >= 11 is 0. The molecule has 4 rings (SSSR count). The zero-order valence-corrected chi connectivity index (χ0v) is 15.3. The first-order valence-electron chi connectivity index (χ1n) is 9.31. The van der Waals surface area contributed by atoms with E-state index < -0.39 is 0 Å². The lowest BCUT2D eigenvalue weighted by molar-refractivity contribution is 0.00578. The molecule has 3 aliphatic rings. The van der Waals surface area contributed by atoms with Crippen molar-refractivity contribution in [3.05, 3.63) is 23.5 Å². The number of hydrogen-bond donors (Lipinski definition) is 0. The van der Waals surface area contributed by atoms with Gasteiger partial charge in [-0.1, -0.05) is 0 Å². The van der Waals surface area contributed by atoms with Crippen molar-refractivity contribution >= 4 is 12.6 Å². The first kappa shape index (κ1) is 16.6. The van der Waals surface area contributed by atoms with Crippen LogP contribution < -0.4 is 5.46 Å². The predicted molar refractivity (Wildman–Crippen MR) is 94.7 cm³/mol. The SMILES string of the molecule is CC1(C)OB(c2cc(C3CCOCC3)nc(C3CC3)c2)OC1(C)C. The molecule has 130 valence electrons. The summed E-state index contributed by atoms with van der Waals surface area (Å²) in [6.45, 7) is 10.1. The largest absolute Gasteiger partial charge is 0.494 e. The molecule has 5 heteroatoms. The Morgan fingerprint density at radius 1 is 0.875 bits per heavy atom. The summed E-state index contributed by atoms with van der Waals surface area (Å²) in [6.07, 6.45) is 4.63. The zero-order valence-electron chi connectivity index (χ0n) is 15.3. The predicted octanol–water partition coefficient (Wildman–Crippen LogP) is 3.15. The molecule has 0 atom stereocenters. The molecule has 0 bridgehead atoms. The third-order valence-corrected chi connectivity index (χ3v) is 6.05. The van der Waals surface area contributed by atoms with Crippen molar-refractivity contribution in [1.82, 2.24) is 4.98 Å². The van der Waals surface area contributed by atoms with Crippen LogP contribution in [-0.4, -0.2) is 36.5 Å². The smallest absolute Gasteiger partial charge is 0.399 e. The third-order valence-electron chi connectivity index (χ3n) is 6.05. The molecule has 1 aliphatic carbocycles. The lowest BCUT2D eigenvalue weighted by Gasteiger charge is -2.32. The molecule has 0 amide bonds. The second-order valence-corrected chi connectivity index (χ2v) is 8.50. The molecule has 0 N–H and O–H groups in total. The second-order valence-electron chi connectivity index (χ2n) is 8.50. The monoisotopic (exact) mass is 329 g/mol. The molecule has 0 radical (unpaired) electrons. The van der Waals surface area contributed by atoms with Crippen LogP contribution in [0.5, 0.6) is 0 Å². The molecule has 3 heterocycles. The van der Waals surface area contributed by atoms with Crippen LogP contribution in [-0.2, 0) is 14.0 Å². The summed E-state index contributed by atoms with van der Waals surface area (Å²) in [5, 5.41) is 0. The molecule has 2 aliphatic heterocycles. The van der Waals surface area contributed by atoms with E-state index in [4.69, 9.17) is 19.0 Å². The Hall–Kier alpha value is -0.905. The maximum absolute atomic E-state index is 6.27. The van der Waals surface area contributed by atoms with E-state index in [1.165, 1.54) is 24.2 Å². The van der Waals surface area contributed by atoms with E-state index in [1.807, 2.05) is 0 Å². The lowest BCUT2D eigenvalue weighted by atomic mass is 9.77. The van der Waals surface area contributed by atoms with Gasteiger partial charge in [0, 0.05) is 36.4 Å². The molecular formula is C19H28BNO3. The molecule has 0 aromatic carbocycles. The molecule has 24 heavy (non-hydrogen) atoms. The summed E-state index contributed by atoms with van der Waals surface area (Å²) < 4.78 is 18.1. The van der Waals surface area contributed by atoms with Crippen molar-refractivity contribution in [2.75, 3.05) is 13.2 Å². The molecule has 1 aromatic heterocycles. The van der Waals surface area contributed by atoms with Crippen LogP contribution in [0, 0.1) is 0 Å². The van der Waals surface area contributed by atoms with Gasteiger partial charge in [-0.05, 0) is 71.0 Å². The highest BCUT2D eigenvalue weighted by atomic mass is 16.7. The van der Waals surface area contributed by atoms with Crippen LogP contribution in [0.4, 0.5) is 0 Å². The molecule has 1 aromatic rings. The van der Waals surface area contributed by atoms with Gasteiger partial charge in [-0.25, -0.2) is 0 Å². The number of pyridine rings is 1. The normalized spacial score (nSPS) is 26.8. The Morgan fingerprint density at radius 3 is 1.88 bits per heavy atom. The fourth-order valence-electron chi connectivity index (χ4n) is 3.50. The van der Waals surface area contributed by atoms with Gasteiger partial charge in [-0.3, -0.25) is 4.98 Å². The van der Waals surface area contributed by atoms with E-state index in [9.17, 15) is 0 Å². The molecule has 4 nitrogen and oxygen atoms in total. The van der Waals surface area contributed by atoms with Gasteiger partial charge in [0.1, 0.15) is 0 Å². The maximum atomic E-state index is 6.27. The Morgan fingerprint density at radius 2 is 1.38 bits per heavy atom. The van der Waals surface area contributed by atoms with Crippen molar-refractivity contribution in [1.29, 1.82) is 0 Å². The molecule has 3 fully saturated rings. The Kier molecular flexibility index (Phi) is 4.02. The molecule has 1 saturated carbocycles. The standard InChI is InChI=1S/C19H28BNO3/c1-18(2)19(3,4)24-20(23-18)15-11-16(13-5-6-13)21-17(12-15)14-7-9-22-10-8-14/h11-14H,5-10H2,1-4H3. The second kappa shape index (κ2) is 5.82. The van der Waals surface area contributed by atoms with Gasteiger partial charge in [-0.2, -0.15) is 0 Å². The third kappa shape index (κ3) is 3.02. The Labute approximate surface area is 145 Å². The Balaban J connectivity index is 1.66. The van der Waals surface area contributed by atoms with Gasteiger partial charge in [0.15, 0.2) is 0 Å². The fourth-order valence-corrected chi connectivity index (χ4v) is 3.50. The average molecular weight is 329 g/mol. The van der Waals surface area contributed by atoms with Crippen LogP contribution in [0.1, 0.15) is 76.6 Å². The van der Waals surface area contributed by atoms with Gasteiger partial charge in [-0.15, -0.1) is 0 Å². The highest BCUT2D eigenvalue weighted by Gasteiger charge is 2.52. The van der Waals surface area contributed by atoms with Gasteiger partial charge >= 0.3 is 7.12 Å². The molecule has 0 spiro atoms. The molecule has 2 saturated heterocycles. The summed E-state index contributed by atoms with van der Waals surface area (Å²) in [5.74, 6) is 1.13.